The fourth-order valence-electron chi connectivity index (χ4n) is 8.12. The van der Waals surface area contributed by atoms with Crippen LogP contribution in [0.25, 0.3) is 10.9 Å². The molecule has 10 nitrogen and oxygen atoms in total. The first-order chi connectivity index (χ1) is 24.1. The molecular formula is C38H47Cl2N5O5. The minimum absolute atomic E-state index is 0.0115. The van der Waals surface area contributed by atoms with Crippen LogP contribution in [0.3, 0.4) is 0 Å². The quantitative estimate of drug-likeness (QED) is 0.252. The molecule has 7 rings (SSSR count). The minimum Gasteiger partial charge on any atom is -0.481 e. The van der Waals surface area contributed by atoms with Gasteiger partial charge < -0.3 is 29.5 Å². The zero-order chi connectivity index (χ0) is 34.9. The van der Waals surface area contributed by atoms with E-state index in [2.05, 4.69) is 15.1 Å². The Morgan fingerprint density at radius 1 is 0.960 bits per heavy atom. The molecule has 2 saturated carbocycles. The fraction of sp³-hybridized carbons (Fsp3) is 0.553. The summed E-state index contributed by atoms with van der Waals surface area (Å²) in [5.74, 6) is -0.469. The van der Waals surface area contributed by atoms with E-state index >= 15 is 0 Å². The van der Waals surface area contributed by atoms with Gasteiger partial charge in [-0.3, -0.25) is 19.3 Å². The molecule has 4 fully saturated rings. The lowest BCUT2D eigenvalue weighted by molar-refractivity contribution is -0.144. The van der Waals surface area contributed by atoms with Gasteiger partial charge in [0.25, 0.3) is 5.91 Å². The number of piperazine rings is 1. The number of anilines is 1. The predicted molar refractivity (Wildman–Crippen MR) is 195 cm³/mol. The monoisotopic (exact) mass is 723 g/mol. The third-order valence-corrected chi connectivity index (χ3v) is 11.9. The van der Waals surface area contributed by atoms with E-state index in [1.165, 1.54) is 19.4 Å². The zero-order valence-corrected chi connectivity index (χ0v) is 30.2. The lowest BCUT2D eigenvalue weighted by Gasteiger charge is -2.38. The number of nitrogens with zero attached hydrogens (tertiary/aromatic N) is 4. The summed E-state index contributed by atoms with van der Waals surface area (Å²) in [5, 5.41) is 13.8. The van der Waals surface area contributed by atoms with Gasteiger partial charge in [-0.2, -0.15) is 0 Å². The molecule has 2 atom stereocenters. The highest BCUT2D eigenvalue weighted by Crippen LogP contribution is 2.34. The van der Waals surface area contributed by atoms with E-state index in [0.29, 0.717) is 52.9 Å². The first-order valence-electron chi connectivity index (χ1n) is 18.1. The van der Waals surface area contributed by atoms with Gasteiger partial charge in [-0.15, -0.1) is 0 Å². The summed E-state index contributed by atoms with van der Waals surface area (Å²) in [7, 11) is 1.90. The Labute approximate surface area is 303 Å². The Morgan fingerprint density at radius 3 is 2.42 bits per heavy atom. The number of fused-ring (bicyclic) bond motifs is 1. The fourth-order valence-corrected chi connectivity index (χ4v) is 8.58. The lowest BCUT2D eigenvalue weighted by Crippen LogP contribution is -2.51. The molecule has 3 aromatic rings. The summed E-state index contributed by atoms with van der Waals surface area (Å²) in [6, 6.07) is 11.2. The number of benzene rings is 2. The van der Waals surface area contributed by atoms with Crippen molar-refractivity contribution < 1.29 is 24.2 Å². The number of hydrogen-bond acceptors (Lipinski definition) is 6. The zero-order valence-electron chi connectivity index (χ0n) is 28.7. The summed E-state index contributed by atoms with van der Waals surface area (Å²) in [5.41, 5.74) is 2.47. The molecular weight excluding hydrogens is 677 g/mol. The van der Waals surface area contributed by atoms with Crippen LogP contribution in [-0.4, -0.2) is 106 Å². The van der Waals surface area contributed by atoms with Crippen molar-refractivity contribution in [3.8, 4) is 0 Å². The molecule has 0 spiro atoms. The third kappa shape index (κ3) is 8.00. The number of rotatable bonds is 11. The van der Waals surface area contributed by atoms with Crippen molar-refractivity contribution in [1.29, 1.82) is 0 Å². The molecule has 50 heavy (non-hydrogen) atoms. The van der Waals surface area contributed by atoms with Gasteiger partial charge in [0.1, 0.15) is 0 Å². The molecule has 2 aromatic carbocycles. The van der Waals surface area contributed by atoms with Crippen molar-refractivity contribution in [2.45, 2.75) is 69.6 Å². The van der Waals surface area contributed by atoms with E-state index < -0.39 is 5.97 Å². The number of likely N-dealkylation sites (tertiary alicyclic amines) is 1. The standard InChI is InChI=1S/C38H47Cl2N5O5/c1-42-22-31(30-4-2-3-5-35(30)42)37(47)41-34-19-32(39)26(16-33(34)40)17-36(46)45-21-27(44-14-12-43(13-15-44)20-24-6-7-24)18-28(45)23-50-29-10-8-25(9-11-29)38(48)49/h2-5,16,19,22,24-25,27-29H,6-15,17-18,20-21,23H2,1H3,(H,41,47)(H,48,49)/t25?,27-,28-,29?/m0/s1. The number of carboxylic acids is 1. The smallest absolute Gasteiger partial charge is 0.306 e. The molecule has 2 amide bonds. The van der Waals surface area contributed by atoms with Crippen molar-refractivity contribution in [3.05, 3.63) is 63.8 Å². The number of para-hydroxylation sites is 1. The molecule has 2 saturated heterocycles. The van der Waals surface area contributed by atoms with Crippen LogP contribution < -0.4 is 5.32 Å². The number of aryl methyl sites for hydroxylation is 1. The number of amides is 2. The Hall–Kier alpha value is -3.15. The number of nitrogens with one attached hydrogen (secondary N) is 1. The Bertz CT molecular complexity index is 1730. The van der Waals surface area contributed by atoms with E-state index in [1.54, 1.807) is 18.3 Å². The molecule has 0 unspecified atom stereocenters. The maximum absolute atomic E-state index is 14.0. The topological polar surface area (TPSA) is 107 Å². The molecule has 268 valence electrons. The molecule has 4 aliphatic rings. The molecule has 12 heteroatoms. The van der Waals surface area contributed by atoms with Crippen LogP contribution in [-0.2, 0) is 27.8 Å². The van der Waals surface area contributed by atoms with Gasteiger partial charge in [0, 0.05) is 74.5 Å². The number of hydrogen-bond donors (Lipinski definition) is 2. The molecule has 0 radical (unpaired) electrons. The van der Waals surface area contributed by atoms with Crippen molar-refractivity contribution in [2.24, 2.45) is 18.9 Å². The van der Waals surface area contributed by atoms with Crippen LogP contribution in [0.15, 0.2) is 42.6 Å². The minimum atomic E-state index is -0.727. The molecule has 3 heterocycles. The largest absolute Gasteiger partial charge is 0.481 e. The Kier molecular flexibility index (Phi) is 10.7. The maximum Gasteiger partial charge on any atom is 0.306 e. The Morgan fingerprint density at radius 2 is 1.70 bits per heavy atom. The summed E-state index contributed by atoms with van der Waals surface area (Å²) >= 11 is 13.4. The first-order valence-corrected chi connectivity index (χ1v) is 18.8. The first kappa shape index (κ1) is 35.3. The van der Waals surface area contributed by atoms with Crippen molar-refractivity contribution >= 4 is 57.6 Å². The van der Waals surface area contributed by atoms with Gasteiger partial charge in [0.2, 0.25) is 5.91 Å². The van der Waals surface area contributed by atoms with Gasteiger partial charge in [-0.25, -0.2) is 0 Å². The Balaban J connectivity index is 1.01. The predicted octanol–water partition coefficient (Wildman–Crippen LogP) is 5.94. The lowest BCUT2D eigenvalue weighted by atomic mass is 9.87. The van der Waals surface area contributed by atoms with Crippen LogP contribution in [0, 0.1) is 11.8 Å². The van der Waals surface area contributed by atoms with Crippen molar-refractivity contribution in [1.82, 2.24) is 19.3 Å². The molecule has 1 aromatic heterocycles. The number of aliphatic carboxylic acids is 1. The summed E-state index contributed by atoms with van der Waals surface area (Å²) in [4.78, 5) is 45.9. The number of aromatic nitrogens is 1. The van der Waals surface area contributed by atoms with E-state index in [0.717, 1.165) is 62.3 Å². The molecule has 2 N–H and O–H groups in total. The number of halogens is 2. The second-order valence-electron chi connectivity index (χ2n) is 14.7. The van der Waals surface area contributed by atoms with E-state index in [9.17, 15) is 19.5 Å². The van der Waals surface area contributed by atoms with Gasteiger partial charge in [-0.1, -0.05) is 41.4 Å². The molecule has 2 aliphatic carbocycles. The van der Waals surface area contributed by atoms with Crippen LogP contribution in [0.1, 0.15) is 60.9 Å². The van der Waals surface area contributed by atoms with Crippen LogP contribution >= 0.6 is 23.2 Å². The number of carboxylic acid groups (broad SMARTS) is 1. The number of carbonyl (C=O) groups excluding carboxylic acids is 2. The molecule has 2 aliphatic heterocycles. The average Bonchev–Trinajstić information content (AvgIpc) is 3.72. The van der Waals surface area contributed by atoms with Gasteiger partial charge in [0.15, 0.2) is 0 Å². The highest BCUT2D eigenvalue weighted by Gasteiger charge is 2.40. The van der Waals surface area contributed by atoms with Crippen molar-refractivity contribution in [2.75, 3.05) is 51.2 Å². The summed E-state index contributed by atoms with van der Waals surface area (Å²) < 4.78 is 8.30. The van der Waals surface area contributed by atoms with Gasteiger partial charge in [-0.05, 0) is 74.6 Å². The van der Waals surface area contributed by atoms with E-state index in [-0.39, 0.29) is 42.3 Å². The second kappa shape index (κ2) is 15.2. The highest BCUT2D eigenvalue weighted by atomic mass is 35.5. The van der Waals surface area contributed by atoms with Gasteiger partial charge in [0.05, 0.1) is 47.4 Å². The SMILES string of the molecule is Cn1cc(C(=O)Nc2cc(Cl)c(CC(=O)N3C[C@@H](N4CCN(CC5CC5)CC4)C[C@H]3COC3CCC(C(=O)O)CC3)cc2Cl)c2ccccc21. The third-order valence-electron chi connectivity index (χ3n) is 11.3. The van der Waals surface area contributed by atoms with E-state index in [4.69, 9.17) is 27.9 Å². The second-order valence-corrected chi connectivity index (χ2v) is 15.6. The molecule has 0 bridgehead atoms. The van der Waals surface area contributed by atoms with Crippen LogP contribution in [0.5, 0.6) is 0 Å². The van der Waals surface area contributed by atoms with Crippen LogP contribution in [0.2, 0.25) is 10.0 Å². The van der Waals surface area contributed by atoms with Gasteiger partial charge >= 0.3 is 5.97 Å². The summed E-state index contributed by atoms with van der Waals surface area (Å²) in [6.45, 7) is 6.39. The summed E-state index contributed by atoms with van der Waals surface area (Å²) in [6.07, 6.45) is 8.14. The van der Waals surface area contributed by atoms with E-state index in [1.807, 2.05) is 40.8 Å². The maximum atomic E-state index is 14.0. The average molecular weight is 725 g/mol. The van der Waals surface area contributed by atoms with Crippen molar-refractivity contribution in [3.63, 3.8) is 0 Å². The number of carbonyl (C=O) groups is 3. The van der Waals surface area contributed by atoms with Crippen LogP contribution in [0.4, 0.5) is 5.69 Å². The highest BCUT2D eigenvalue weighted by molar-refractivity contribution is 6.36. The normalized spacial score (nSPS) is 24.9. The number of ether oxygens (including phenoxy) is 1.